The van der Waals surface area contributed by atoms with Gasteiger partial charge in [0.1, 0.15) is 11.4 Å². The van der Waals surface area contributed by atoms with E-state index in [4.69, 9.17) is 21.1 Å². The van der Waals surface area contributed by atoms with Gasteiger partial charge in [0.25, 0.3) is 5.91 Å². The molecule has 8 heteroatoms. The van der Waals surface area contributed by atoms with Crippen LogP contribution in [0.1, 0.15) is 10.5 Å². The fourth-order valence-corrected chi connectivity index (χ4v) is 1.97. The molecule has 1 aromatic heterocycles. The molecule has 0 unspecified atom stereocenters. The van der Waals surface area contributed by atoms with Crippen molar-refractivity contribution >= 4 is 29.1 Å². The minimum Gasteiger partial charge on any atom is -0.495 e. The van der Waals surface area contributed by atoms with E-state index in [1.165, 1.54) is 19.4 Å². The summed E-state index contributed by atoms with van der Waals surface area (Å²) < 4.78 is 10.1. The average Bonchev–Trinajstić information content (AvgIpc) is 2.55. The number of benzene rings is 1. The monoisotopic (exact) mass is 336 g/mol. The molecular weight excluding hydrogens is 320 g/mol. The molecule has 0 fully saturated rings. The van der Waals surface area contributed by atoms with Gasteiger partial charge < -0.3 is 20.1 Å². The highest BCUT2D eigenvalue weighted by molar-refractivity contribution is 6.31. The molecule has 0 spiro atoms. The van der Waals surface area contributed by atoms with Gasteiger partial charge in [-0.1, -0.05) is 11.6 Å². The van der Waals surface area contributed by atoms with Gasteiger partial charge in [-0.3, -0.25) is 4.79 Å². The number of hydrogen-bond acceptors (Lipinski definition) is 6. The normalized spacial score (nSPS) is 10.2. The third-order valence-electron chi connectivity index (χ3n) is 2.89. The zero-order valence-electron chi connectivity index (χ0n) is 12.8. The number of hydrogen-bond donors (Lipinski definition) is 2. The first-order valence-corrected chi connectivity index (χ1v) is 7.22. The largest absolute Gasteiger partial charge is 0.495 e. The Labute approximate surface area is 139 Å². The smallest absolute Gasteiger partial charge is 0.274 e. The van der Waals surface area contributed by atoms with Crippen LogP contribution in [0.3, 0.4) is 0 Å². The maximum Gasteiger partial charge on any atom is 0.274 e. The highest BCUT2D eigenvalue weighted by Gasteiger charge is 2.12. The van der Waals surface area contributed by atoms with Crippen molar-refractivity contribution in [3.8, 4) is 5.75 Å². The minimum absolute atomic E-state index is 0.224. The highest BCUT2D eigenvalue weighted by Crippen LogP contribution is 2.27. The Hall–Kier alpha value is -2.38. The summed E-state index contributed by atoms with van der Waals surface area (Å²) in [6.07, 6.45) is 1.51. The van der Waals surface area contributed by atoms with Gasteiger partial charge in [-0.25, -0.2) is 9.97 Å². The molecule has 23 heavy (non-hydrogen) atoms. The van der Waals surface area contributed by atoms with Crippen molar-refractivity contribution in [2.24, 2.45) is 0 Å². The first-order chi connectivity index (χ1) is 11.1. The van der Waals surface area contributed by atoms with Crippen LogP contribution in [0.4, 0.5) is 11.6 Å². The molecule has 0 saturated carbocycles. The van der Waals surface area contributed by atoms with E-state index < -0.39 is 0 Å². The number of nitrogens with zero attached hydrogens (tertiary/aromatic N) is 2. The molecule has 1 heterocycles. The summed E-state index contributed by atoms with van der Waals surface area (Å²) in [4.78, 5) is 20.5. The van der Waals surface area contributed by atoms with Gasteiger partial charge in [0.15, 0.2) is 0 Å². The summed E-state index contributed by atoms with van der Waals surface area (Å²) in [6.45, 7) is 1.06. The van der Waals surface area contributed by atoms with Crippen LogP contribution in [0.5, 0.6) is 5.75 Å². The van der Waals surface area contributed by atoms with Crippen LogP contribution in [0, 0.1) is 0 Å². The topological polar surface area (TPSA) is 85.4 Å². The Morgan fingerprint density at radius 2 is 2.13 bits per heavy atom. The van der Waals surface area contributed by atoms with Crippen molar-refractivity contribution in [2.75, 3.05) is 38.0 Å². The molecule has 2 aromatic rings. The number of nitrogens with one attached hydrogen (secondary N) is 2. The summed E-state index contributed by atoms with van der Waals surface area (Å²) in [6, 6.07) is 6.49. The van der Waals surface area contributed by atoms with Crippen LogP contribution in [-0.2, 0) is 4.74 Å². The van der Waals surface area contributed by atoms with E-state index in [-0.39, 0.29) is 11.6 Å². The number of carbonyl (C=O) groups excluding carboxylic acids is 1. The maximum atomic E-state index is 12.3. The van der Waals surface area contributed by atoms with Crippen molar-refractivity contribution < 1.29 is 14.3 Å². The maximum absolute atomic E-state index is 12.3. The zero-order chi connectivity index (χ0) is 16.7. The third kappa shape index (κ3) is 4.80. The summed E-state index contributed by atoms with van der Waals surface area (Å²) in [7, 11) is 3.12. The molecule has 122 valence electrons. The van der Waals surface area contributed by atoms with Crippen LogP contribution in [0.2, 0.25) is 5.02 Å². The second-order valence-electron chi connectivity index (χ2n) is 4.48. The molecule has 0 saturated heterocycles. The Balaban J connectivity index is 2.11. The molecule has 1 aromatic carbocycles. The van der Waals surface area contributed by atoms with Gasteiger partial charge in [0, 0.05) is 24.9 Å². The van der Waals surface area contributed by atoms with E-state index in [1.54, 1.807) is 25.3 Å². The number of methoxy groups -OCH3 is 2. The van der Waals surface area contributed by atoms with Crippen LogP contribution in [0.15, 0.2) is 30.5 Å². The predicted octanol–water partition coefficient (Wildman–Crippen LogP) is 2.45. The molecule has 2 rings (SSSR count). The Morgan fingerprint density at radius 1 is 1.30 bits per heavy atom. The second-order valence-corrected chi connectivity index (χ2v) is 4.92. The van der Waals surface area contributed by atoms with E-state index in [0.717, 1.165) is 0 Å². The Kier molecular flexibility index (Phi) is 6.13. The van der Waals surface area contributed by atoms with Crippen molar-refractivity contribution in [1.29, 1.82) is 0 Å². The number of aromatic nitrogens is 2. The average molecular weight is 337 g/mol. The van der Waals surface area contributed by atoms with E-state index in [9.17, 15) is 4.79 Å². The number of ether oxygens (including phenoxy) is 2. The van der Waals surface area contributed by atoms with Crippen LogP contribution >= 0.6 is 11.6 Å². The summed E-state index contributed by atoms with van der Waals surface area (Å²) in [5.74, 6) is 0.478. The number of halogens is 1. The lowest BCUT2D eigenvalue weighted by atomic mass is 10.2. The van der Waals surface area contributed by atoms with E-state index >= 15 is 0 Å². The molecule has 0 atom stereocenters. The molecule has 2 N–H and O–H groups in total. The van der Waals surface area contributed by atoms with Crippen LogP contribution in [0.25, 0.3) is 0 Å². The van der Waals surface area contributed by atoms with Crippen LogP contribution in [-0.4, -0.2) is 43.2 Å². The van der Waals surface area contributed by atoms with Crippen LogP contribution < -0.4 is 15.4 Å². The number of amides is 1. The van der Waals surface area contributed by atoms with E-state index in [0.29, 0.717) is 35.6 Å². The molecular formula is C15H17ClN4O3. The van der Waals surface area contributed by atoms with Crippen molar-refractivity contribution in [2.45, 2.75) is 0 Å². The number of anilines is 2. The quantitative estimate of drug-likeness (QED) is 0.755. The molecule has 0 aliphatic heterocycles. The SMILES string of the molecule is COCCNc1nccc(C(=O)Nc2cc(Cl)ccc2OC)n1. The first-order valence-electron chi connectivity index (χ1n) is 6.85. The van der Waals surface area contributed by atoms with Gasteiger partial charge in [-0.2, -0.15) is 0 Å². The van der Waals surface area contributed by atoms with E-state index in [1.807, 2.05) is 0 Å². The second kappa shape index (κ2) is 8.30. The molecule has 0 radical (unpaired) electrons. The number of carbonyl (C=O) groups is 1. The standard InChI is InChI=1S/C15H17ClN4O3/c1-22-8-7-18-15-17-6-5-11(20-15)14(21)19-12-9-10(16)3-4-13(12)23-2/h3-6,9H,7-8H2,1-2H3,(H,19,21)(H,17,18,20). The Morgan fingerprint density at radius 3 is 2.87 bits per heavy atom. The van der Waals surface area contributed by atoms with Crippen molar-refractivity contribution in [3.63, 3.8) is 0 Å². The lowest BCUT2D eigenvalue weighted by molar-refractivity contribution is 0.102. The first kappa shape index (κ1) is 17.0. The van der Waals surface area contributed by atoms with Gasteiger partial charge in [0.2, 0.25) is 5.95 Å². The minimum atomic E-state index is -0.386. The zero-order valence-corrected chi connectivity index (χ0v) is 13.6. The summed E-state index contributed by atoms with van der Waals surface area (Å²) in [5, 5.41) is 6.18. The Bertz CT molecular complexity index is 682. The van der Waals surface area contributed by atoms with Gasteiger partial charge >= 0.3 is 0 Å². The van der Waals surface area contributed by atoms with Gasteiger partial charge in [-0.05, 0) is 24.3 Å². The fourth-order valence-electron chi connectivity index (χ4n) is 1.80. The summed E-state index contributed by atoms with van der Waals surface area (Å²) in [5.41, 5.74) is 0.694. The number of rotatable bonds is 7. The summed E-state index contributed by atoms with van der Waals surface area (Å²) >= 11 is 5.95. The predicted molar refractivity (Wildman–Crippen MR) is 88.4 cm³/mol. The van der Waals surface area contributed by atoms with Crippen molar-refractivity contribution in [3.05, 3.63) is 41.2 Å². The molecule has 7 nitrogen and oxygen atoms in total. The molecule has 0 aliphatic carbocycles. The van der Waals surface area contributed by atoms with Gasteiger partial charge in [-0.15, -0.1) is 0 Å². The van der Waals surface area contributed by atoms with Crippen molar-refractivity contribution in [1.82, 2.24) is 9.97 Å². The van der Waals surface area contributed by atoms with Gasteiger partial charge in [0.05, 0.1) is 19.4 Å². The lowest BCUT2D eigenvalue weighted by Gasteiger charge is -2.10. The third-order valence-corrected chi connectivity index (χ3v) is 3.12. The lowest BCUT2D eigenvalue weighted by Crippen LogP contribution is -2.17. The highest BCUT2D eigenvalue weighted by atomic mass is 35.5. The van der Waals surface area contributed by atoms with E-state index in [2.05, 4.69) is 20.6 Å². The molecule has 0 aliphatic rings. The fraction of sp³-hybridized carbons (Fsp3) is 0.267. The molecule has 1 amide bonds. The molecule has 0 bridgehead atoms.